The van der Waals surface area contributed by atoms with Gasteiger partial charge in [-0.3, -0.25) is 4.79 Å². The molecule has 0 aliphatic rings. The molecule has 33 heavy (non-hydrogen) atoms. The van der Waals surface area contributed by atoms with Gasteiger partial charge in [0, 0.05) is 11.1 Å². The Kier molecular flexibility index (Phi) is 6.29. The quantitative estimate of drug-likeness (QED) is 0.325. The maximum absolute atomic E-state index is 12.8. The molecule has 4 aromatic carbocycles. The van der Waals surface area contributed by atoms with Crippen molar-refractivity contribution in [2.45, 2.75) is 16.7 Å². The van der Waals surface area contributed by atoms with Gasteiger partial charge < -0.3 is 9.47 Å². The monoisotopic (exact) mass is 458 g/mol. The zero-order valence-corrected chi connectivity index (χ0v) is 19.0. The summed E-state index contributed by atoms with van der Waals surface area (Å²) in [5.74, 6) is 1.62. The smallest absolute Gasteiger partial charge is 0.206 e. The molecule has 0 saturated heterocycles. The number of carbonyl (C=O) groups is 1. The molecular weight excluding hydrogens is 436 g/mol. The molecule has 0 saturated carbocycles. The summed E-state index contributed by atoms with van der Waals surface area (Å²) in [4.78, 5) is 13.1. The van der Waals surface area contributed by atoms with Gasteiger partial charge in [0.15, 0.2) is 5.78 Å². The predicted molar refractivity (Wildman–Crippen MR) is 126 cm³/mol. The minimum atomic E-state index is -3.59. The number of rotatable bonds is 7. The summed E-state index contributed by atoms with van der Waals surface area (Å²) in [5, 5.41) is 0. The highest BCUT2D eigenvalue weighted by Gasteiger charge is 2.17. The van der Waals surface area contributed by atoms with Crippen LogP contribution in [-0.4, -0.2) is 21.3 Å². The molecule has 0 N–H and O–H groups in total. The minimum absolute atomic E-state index is 0.102. The Morgan fingerprint density at radius 1 is 0.606 bits per heavy atom. The highest BCUT2D eigenvalue weighted by Crippen LogP contribution is 2.27. The van der Waals surface area contributed by atoms with E-state index in [4.69, 9.17) is 9.47 Å². The molecule has 0 amide bonds. The number of carbonyl (C=O) groups excluding carboxylic acids is 1. The summed E-state index contributed by atoms with van der Waals surface area (Å²) in [6.45, 7) is 1.91. The van der Waals surface area contributed by atoms with Gasteiger partial charge in [0.25, 0.3) is 0 Å². The molecule has 0 spiro atoms. The molecule has 4 aromatic rings. The number of ether oxygens (including phenoxy) is 2. The lowest BCUT2D eigenvalue weighted by Gasteiger charge is -2.09. The lowest BCUT2D eigenvalue weighted by molar-refractivity contribution is 0.103. The Bertz CT molecular complexity index is 1350. The maximum Gasteiger partial charge on any atom is 0.206 e. The molecule has 166 valence electrons. The Morgan fingerprint density at radius 2 is 1.00 bits per heavy atom. The highest BCUT2D eigenvalue weighted by atomic mass is 32.2. The van der Waals surface area contributed by atoms with Crippen LogP contribution in [0.3, 0.4) is 0 Å². The van der Waals surface area contributed by atoms with E-state index in [0.29, 0.717) is 28.4 Å². The van der Waals surface area contributed by atoms with Crippen LogP contribution in [0.1, 0.15) is 21.5 Å². The van der Waals surface area contributed by atoms with E-state index in [2.05, 4.69) is 0 Å². The summed E-state index contributed by atoms with van der Waals surface area (Å²) in [5.41, 5.74) is 2.09. The average Bonchev–Trinajstić information content (AvgIpc) is 2.85. The van der Waals surface area contributed by atoms with Gasteiger partial charge >= 0.3 is 0 Å². The van der Waals surface area contributed by atoms with Crippen LogP contribution < -0.4 is 9.47 Å². The molecular formula is C27H22O5S. The van der Waals surface area contributed by atoms with E-state index >= 15 is 0 Å². The van der Waals surface area contributed by atoms with Gasteiger partial charge in [0.2, 0.25) is 9.84 Å². The van der Waals surface area contributed by atoms with Crippen LogP contribution in [0.4, 0.5) is 0 Å². The third-order valence-corrected chi connectivity index (χ3v) is 6.96. The largest absolute Gasteiger partial charge is 0.497 e. The van der Waals surface area contributed by atoms with Crippen LogP contribution in [0.25, 0.3) is 0 Å². The Balaban J connectivity index is 1.46. The third kappa shape index (κ3) is 4.96. The minimum Gasteiger partial charge on any atom is -0.497 e. The molecule has 0 aliphatic heterocycles. The van der Waals surface area contributed by atoms with Crippen molar-refractivity contribution in [3.8, 4) is 17.2 Å². The van der Waals surface area contributed by atoms with Crippen molar-refractivity contribution in [2.75, 3.05) is 7.11 Å². The fraction of sp³-hybridized carbons (Fsp3) is 0.0741. The van der Waals surface area contributed by atoms with Crippen molar-refractivity contribution < 1.29 is 22.7 Å². The van der Waals surface area contributed by atoms with E-state index in [-0.39, 0.29) is 15.6 Å². The fourth-order valence-corrected chi connectivity index (χ4v) is 4.52. The first-order chi connectivity index (χ1) is 15.9. The van der Waals surface area contributed by atoms with E-state index in [1.807, 2.05) is 6.92 Å². The Hall–Kier alpha value is -3.90. The molecule has 0 aromatic heterocycles. The number of sulfone groups is 1. The Labute approximate surface area is 193 Å². The van der Waals surface area contributed by atoms with E-state index in [1.165, 1.54) is 12.1 Å². The van der Waals surface area contributed by atoms with Crippen LogP contribution in [0.15, 0.2) is 107 Å². The zero-order valence-electron chi connectivity index (χ0n) is 18.2. The van der Waals surface area contributed by atoms with Crippen LogP contribution in [0.2, 0.25) is 0 Å². The predicted octanol–water partition coefficient (Wildman–Crippen LogP) is 5.86. The molecule has 0 unspecified atom stereocenters. The van der Waals surface area contributed by atoms with E-state index in [9.17, 15) is 13.2 Å². The summed E-state index contributed by atoms with van der Waals surface area (Å²) < 4.78 is 36.5. The lowest BCUT2D eigenvalue weighted by atomic mass is 10.0. The van der Waals surface area contributed by atoms with E-state index in [1.54, 1.807) is 92.0 Å². The molecule has 0 bridgehead atoms. The number of methoxy groups -OCH3 is 1. The number of hydrogen-bond acceptors (Lipinski definition) is 5. The van der Waals surface area contributed by atoms with Gasteiger partial charge in [-0.1, -0.05) is 17.7 Å². The standard InChI is InChI=1S/C27H22O5S/c1-19-3-15-25(16-4-19)33(29,30)26-17-13-24(14-18-26)32-23-11-7-21(8-12-23)27(28)20-5-9-22(31-2)10-6-20/h3-18H,1-2H3. The summed E-state index contributed by atoms with van der Waals surface area (Å²) in [6.07, 6.45) is 0. The summed E-state index contributed by atoms with van der Waals surface area (Å²) in [6, 6.07) is 26.7. The van der Waals surface area contributed by atoms with Gasteiger partial charge in [0.05, 0.1) is 16.9 Å². The lowest BCUT2D eigenvalue weighted by Crippen LogP contribution is -2.02. The molecule has 0 fully saturated rings. The van der Waals surface area contributed by atoms with Gasteiger partial charge in [-0.2, -0.15) is 0 Å². The second-order valence-corrected chi connectivity index (χ2v) is 9.42. The average molecular weight is 459 g/mol. The number of hydrogen-bond donors (Lipinski definition) is 0. The van der Waals surface area contributed by atoms with Crippen molar-refractivity contribution in [3.05, 3.63) is 114 Å². The van der Waals surface area contributed by atoms with Gasteiger partial charge in [0.1, 0.15) is 17.2 Å². The van der Waals surface area contributed by atoms with Crippen LogP contribution in [-0.2, 0) is 9.84 Å². The Morgan fingerprint density at radius 3 is 1.45 bits per heavy atom. The second kappa shape index (κ2) is 9.30. The van der Waals surface area contributed by atoms with Crippen LogP contribution >= 0.6 is 0 Å². The molecule has 4 rings (SSSR count). The third-order valence-electron chi connectivity index (χ3n) is 5.17. The fourth-order valence-electron chi connectivity index (χ4n) is 3.26. The zero-order chi connectivity index (χ0) is 23.4. The van der Waals surface area contributed by atoms with E-state index < -0.39 is 9.84 Å². The van der Waals surface area contributed by atoms with Crippen molar-refractivity contribution in [3.63, 3.8) is 0 Å². The van der Waals surface area contributed by atoms with Gasteiger partial charge in [-0.25, -0.2) is 8.42 Å². The van der Waals surface area contributed by atoms with Gasteiger partial charge in [-0.15, -0.1) is 0 Å². The highest BCUT2D eigenvalue weighted by molar-refractivity contribution is 7.91. The van der Waals surface area contributed by atoms with Crippen molar-refractivity contribution in [1.82, 2.24) is 0 Å². The first kappa shape index (κ1) is 22.3. The van der Waals surface area contributed by atoms with Crippen molar-refractivity contribution in [1.29, 1.82) is 0 Å². The molecule has 6 heteroatoms. The topological polar surface area (TPSA) is 69.7 Å². The first-order valence-electron chi connectivity index (χ1n) is 10.3. The van der Waals surface area contributed by atoms with Crippen molar-refractivity contribution >= 4 is 15.6 Å². The first-order valence-corrected chi connectivity index (χ1v) is 11.7. The van der Waals surface area contributed by atoms with Crippen LogP contribution in [0.5, 0.6) is 17.2 Å². The van der Waals surface area contributed by atoms with Crippen LogP contribution in [0, 0.1) is 6.92 Å². The molecule has 0 radical (unpaired) electrons. The van der Waals surface area contributed by atoms with Gasteiger partial charge in [-0.05, 0) is 91.9 Å². The number of ketones is 1. The van der Waals surface area contributed by atoms with Crippen molar-refractivity contribution in [2.24, 2.45) is 0 Å². The summed E-state index contributed by atoms with van der Waals surface area (Å²) >= 11 is 0. The summed E-state index contributed by atoms with van der Waals surface area (Å²) in [7, 11) is -2.02. The SMILES string of the molecule is COc1ccc(C(=O)c2ccc(Oc3ccc(S(=O)(=O)c4ccc(C)cc4)cc3)cc2)cc1. The molecule has 0 heterocycles. The molecule has 0 atom stereocenters. The second-order valence-electron chi connectivity index (χ2n) is 7.47. The normalized spacial score (nSPS) is 11.1. The maximum atomic E-state index is 12.8. The number of benzene rings is 4. The molecule has 5 nitrogen and oxygen atoms in total. The van der Waals surface area contributed by atoms with E-state index in [0.717, 1.165) is 5.56 Å². The molecule has 0 aliphatic carbocycles. The number of aryl methyl sites for hydroxylation is 1.